The maximum absolute atomic E-state index is 10.7. The number of carbonyl (C=O) groups is 1. The second kappa shape index (κ2) is 5.20. The first-order valence-corrected chi connectivity index (χ1v) is 3.31. The van der Waals surface area contributed by atoms with Crippen molar-refractivity contribution in [3.63, 3.8) is 0 Å². The Morgan fingerprint density at radius 1 is 1.60 bits per heavy atom. The molecule has 0 spiro atoms. The van der Waals surface area contributed by atoms with Crippen molar-refractivity contribution in [2.75, 3.05) is 6.61 Å². The van der Waals surface area contributed by atoms with E-state index in [-0.39, 0.29) is 0 Å². The Labute approximate surface area is 60.2 Å². The molecule has 4 nitrogen and oxygen atoms in total. The van der Waals surface area contributed by atoms with Crippen molar-refractivity contribution in [1.82, 2.24) is 0 Å². The van der Waals surface area contributed by atoms with Crippen LogP contribution in [0.3, 0.4) is 0 Å². The molecule has 0 heterocycles. The van der Waals surface area contributed by atoms with Crippen molar-refractivity contribution < 1.29 is 14.6 Å². The van der Waals surface area contributed by atoms with Crippen LogP contribution in [0.2, 0.25) is 0 Å². The highest BCUT2D eigenvalue weighted by molar-refractivity contribution is 5.74. The van der Waals surface area contributed by atoms with Crippen molar-refractivity contribution in [2.45, 2.75) is 26.3 Å². The summed E-state index contributed by atoms with van der Waals surface area (Å²) in [5.74, 6) is -0.510. The van der Waals surface area contributed by atoms with E-state index in [1.807, 2.05) is 0 Å². The van der Waals surface area contributed by atoms with Gasteiger partial charge in [0.15, 0.2) is 0 Å². The van der Waals surface area contributed by atoms with Gasteiger partial charge in [-0.1, -0.05) is 6.92 Å². The lowest BCUT2D eigenvalue weighted by atomic mass is 10.2. The van der Waals surface area contributed by atoms with Crippen molar-refractivity contribution >= 4 is 5.97 Å². The molecule has 0 rings (SSSR count). The quantitative estimate of drug-likeness (QED) is 0.456. The Balaban J connectivity index is 3.42. The summed E-state index contributed by atoms with van der Waals surface area (Å²) in [4.78, 5) is 19.3. The van der Waals surface area contributed by atoms with Crippen LogP contribution in [0.4, 0.5) is 0 Å². The fourth-order valence-corrected chi connectivity index (χ4v) is 0.345. The van der Waals surface area contributed by atoms with Crippen LogP contribution in [0.15, 0.2) is 0 Å². The van der Waals surface area contributed by atoms with Crippen molar-refractivity contribution in [3.05, 3.63) is 0 Å². The first kappa shape index (κ1) is 9.39. The topological polar surface area (TPSA) is 61.5 Å². The lowest BCUT2D eigenvalue weighted by Crippen LogP contribution is -2.31. The maximum Gasteiger partial charge on any atom is 0.358 e. The molecule has 2 N–H and O–H groups in total. The number of nitrogens with two attached hydrogens (primary N) is 1. The molecular formula is C6H13NO3. The fraction of sp³-hybridized carbons (Fsp3) is 0.833. The Bertz CT molecular complexity index is 105. The monoisotopic (exact) mass is 147 g/mol. The molecule has 1 atom stereocenters. The van der Waals surface area contributed by atoms with Gasteiger partial charge >= 0.3 is 5.97 Å². The predicted molar refractivity (Wildman–Crippen MR) is 36.0 cm³/mol. The minimum Gasteiger partial charge on any atom is -0.318 e. The number of carbonyl (C=O) groups excluding carboxylic acids is 1. The molecule has 0 radical (unpaired) electrons. The highest BCUT2D eigenvalue weighted by Gasteiger charge is 2.12. The molecule has 10 heavy (non-hydrogen) atoms. The number of hydrogen-bond donors (Lipinski definition) is 1. The van der Waals surface area contributed by atoms with Gasteiger partial charge in [0.1, 0.15) is 6.04 Å². The summed E-state index contributed by atoms with van der Waals surface area (Å²) in [7, 11) is 0. The van der Waals surface area contributed by atoms with Gasteiger partial charge in [-0.25, -0.2) is 4.79 Å². The van der Waals surface area contributed by atoms with Crippen LogP contribution < -0.4 is 5.73 Å². The summed E-state index contributed by atoms with van der Waals surface area (Å²) < 4.78 is 0. The molecule has 0 unspecified atom stereocenters. The lowest BCUT2D eigenvalue weighted by molar-refractivity contribution is -0.270. The van der Waals surface area contributed by atoms with Gasteiger partial charge in [0.2, 0.25) is 0 Å². The molecule has 0 bridgehead atoms. The van der Waals surface area contributed by atoms with Crippen LogP contribution in [0, 0.1) is 0 Å². The van der Waals surface area contributed by atoms with E-state index in [9.17, 15) is 4.79 Å². The van der Waals surface area contributed by atoms with Crippen LogP contribution in [-0.2, 0) is 14.6 Å². The molecule has 0 aromatic rings. The molecule has 0 aromatic heterocycles. The highest BCUT2D eigenvalue weighted by atomic mass is 17.2. The third-order valence-corrected chi connectivity index (χ3v) is 1.00. The molecule has 0 aromatic carbocycles. The SMILES string of the molecule is CCOOC(=O)[C@@H](N)CC. The van der Waals surface area contributed by atoms with E-state index >= 15 is 0 Å². The first-order valence-electron chi connectivity index (χ1n) is 3.31. The van der Waals surface area contributed by atoms with E-state index in [1.165, 1.54) is 0 Å². The molecule has 0 aliphatic carbocycles. The Morgan fingerprint density at radius 3 is 2.60 bits per heavy atom. The van der Waals surface area contributed by atoms with Gasteiger partial charge in [0.25, 0.3) is 0 Å². The molecule has 0 saturated heterocycles. The molecule has 4 heteroatoms. The van der Waals surface area contributed by atoms with E-state index in [0.29, 0.717) is 13.0 Å². The predicted octanol–water partition coefficient (Wildman–Crippen LogP) is 0.218. The van der Waals surface area contributed by atoms with E-state index in [1.54, 1.807) is 13.8 Å². The van der Waals surface area contributed by atoms with E-state index in [4.69, 9.17) is 5.73 Å². The van der Waals surface area contributed by atoms with Crippen LogP contribution >= 0.6 is 0 Å². The number of hydrogen-bond acceptors (Lipinski definition) is 4. The Hall–Kier alpha value is -0.610. The third-order valence-electron chi connectivity index (χ3n) is 1.00. The third kappa shape index (κ3) is 3.42. The average molecular weight is 147 g/mol. The Morgan fingerprint density at radius 2 is 2.20 bits per heavy atom. The lowest BCUT2D eigenvalue weighted by Gasteiger charge is -2.05. The molecule has 0 aliphatic rings. The van der Waals surface area contributed by atoms with Crippen molar-refractivity contribution in [3.8, 4) is 0 Å². The fourth-order valence-electron chi connectivity index (χ4n) is 0.345. The summed E-state index contributed by atoms with van der Waals surface area (Å²) >= 11 is 0. The van der Waals surface area contributed by atoms with Gasteiger partial charge in [-0.3, -0.25) is 4.89 Å². The largest absolute Gasteiger partial charge is 0.358 e. The van der Waals surface area contributed by atoms with Crippen molar-refractivity contribution in [2.24, 2.45) is 5.73 Å². The van der Waals surface area contributed by atoms with E-state index in [2.05, 4.69) is 9.78 Å². The minimum absolute atomic E-state index is 0.349. The van der Waals surface area contributed by atoms with Gasteiger partial charge < -0.3 is 5.73 Å². The van der Waals surface area contributed by atoms with Gasteiger partial charge in [-0.05, 0) is 13.3 Å². The van der Waals surface area contributed by atoms with E-state index in [0.717, 1.165) is 0 Å². The van der Waals surface area contributed by atoms with Gasteiger partial charge in [0, 0.05) is 0 Å². The van der Waals surface area contributed by atoms with Gasteiger partial charge in [-0.15, -0.1) is 0 Å². The normalized spacial score (nSPS) is 12.7. The molecule has 60 valence electrons. The van der Waals surface area contributed by atoms with Crippen LogP contribution in [-0.4, -0.2) is 18.6 Å². The second-order valence-electron chi connectivity index (χ2n) is 1.82. The van der Waals surface area contributed by atoms with Crippen LogP contribution in [0.5, 0.6) is 0 Å². The minimum atomic E-state index is -0.563. The van der Waals surface area contributed by atoms with Crippen LogP contribution in [0.1, 0.15) is 20.3 Å². The average Bonchev–Trinajstić information content (AvgIpc) is 1.98. The second-order valence-corrected chi connectivity index (χ2v) is 1.82. The van der Waals surface area contributed by atoms with Gasteiger partial charge in [-0.2, -0.15) is 4.89 Å². The maximum atomic E-state index is 10.7. The molecule has 0 aliphatic heterocycles. The summed E-state index contributed by atoms with van der Waals surface area (Å²) in [5.41, 5.74) is 5.30. The number of rotatable bonds is 4. The smallest absolute Gasteiger partial charge is 0.318 e. The zero-order valence-corrected chi connectivity index (χ0v) is 6.29. The molecule has 0 saturated carbocycles. The standard InChI is InChI=1S/C6H13NO3/c1-3-5(7)6(8)10-9-4-2/h5H,3-4,7H2,1-2H3/t5-/m0/s1. The van der Waals surface area contributed by atoms with Crippen LogP contribution in [0.25, 0.3) is 0 Å². The first-order chi connectivity index (χ1) is 4.72. The summed E-state index contributed by atoms with van der Waals surface area (Å²) in [6.07, 6.45) is 0.561. The summed E-state index contributed by atoms with van der Waals surface area (Å²) in [6, 6.07) is -0.563. The molecular weight excluding hydrogens is 134 g/mol. The Kier molecular flexibility index (Phi) is 4.88. The molecule has 0 fully saturated rings. The van der Waals surface area contributed by atoms with Crippen molar-refractivity contribution in [1.29, 1.82) is 0 Å². The van der Waals surface area contributed by atoms with E-state index < -0.39 is 12.0 Å². The highest BCUT2D eigenvalue weighted by Crippen LogP contribution is 1.90. The zero-order chi connectivity index (χ0) is 7.98. The zero-order valence-electron chi connectivity index (χ0n) is 6.29. The summed E-state index contributed by atoms with van der Waals surface area (Å²) in [5, 5.41) is 0. The van der Waals surface area contributed by atoms with Gasteiger partial charge in [0.05, 0.1) is 6.61 Å². The summed E-state index contributed by atoms with van der Waals surface area (Å²) in [6.45, 7) is 3.88. The molecule has 0 amide bonds.